The summed E-state index contributed by atoms with van der Waals surface area (Å²) >= 11 is 0. The first-order valence-electron chi connectivity index (χ1n) is 1.94. The molecule has 48 valence electrons. The quantitative estimate of drug-likeness (QED) is 0.521. The Morgan fingerprint density at radius 3 is 2.12 bits per heavy atom. The molecular weight excluding hydrogens is 131 g/mol. The van der Waals surface area contributed by atoms with Crippen LogP contribution < -0.4 is 0 Å². The van der Waals surface area contributed by atoms with Gasteiger partial charge in [0.05, 0.1) is 0 Å². The molecular formula is C4H7FO2S. The fourth-order valence-corrected chi connectivity index (χ4v) is 0.524. The fraction of sp³-hybridized carbons (Fsp3) is 0.500. The molecule has 0 aliphatic heterocycles. The topological polar surface area (TPSA) is 34.1 Å². The number of halogens is 1. The number of hydrogen-bond donors (Lipinski definition) is 0. The van der Waals surface area contributed by atoms with E-state index < -0.39 is 15.3 Å². The van der Waals surface area contributed by atoms with Crippen molar-refractivity contribution < 1.29 is 12.8 Å². The van der Waals surface area contributed by atoms with E-state index in [-0.39, 0.29) is 0 Å². The van der Waals surface area contributed by atoms with E-state index in [0.717, 1.165) is 12.3 Å². The van der Waals surface area contributed by atoms with Crippen molar-refractivity contribution in [1.29, 1.82) is 0 Å². The normalized spacial score (nSPS) is 15.2. The number of hydrogen-bond acceptors (Lipinski definition) is 2. The Kier molecular flexibility index (Phi) is 2.15. The summed E-state index contributed by atoms with van der Waals surface area (Å²) in [6.45, 7) is 2.97. The predicted octanol–water partition coefficient (Wildman–Crippen LogP) is 0.513. The van der Waals surface area contributed by atoms with Gasteiger partial charge in [-0.25, -0.2) is 12.8 Å². The van der Waals surface area contributed by atoms with Crippen molar-refractivity contribution in [3.8, 4) is 0 Å². The van der Waals surface area contributed by atoms with Crippen LogP contribution in [0, 0.1) is 0 Å². The summed E-state index contributed by atoms with van der Waals surface area (Å²) in [4.78, 5) is 0. The molecule has 0 fully saturated rings. The van der Waals surface area contributed by atoms with Crippen molar-refractivity contribution in [3.63, 3.8) is 0 Å². The molecule has 8 heavy (non-hydrogen) atoms. The summed E-state index contributed by atoms with van der Waals surface area (Å²) in [6.07, 6.45) is 1.56. The molecule has 0 rings (SSSR count). The molecule has 0 aromatic rings. The predicted molar refractivity (Wildman–Crippen MR) is 29.9 cm³/mol. The number of alkyl halides is 1. The molecule has 0 bridgehead atoms. The third-order valence-electron chi connectivity index (χ3n) is 0.594. The van der Waals surface area contributed by atoms with E-state index >= 15 is 0 Å². The van der Waals surface area contributed by atoms with Gasteiger partial charge in [0.25, 0.3) is 0 Å². The Bertz CT molecular complexity index is 170. The molecule has 0 saturated carbocycles. The third kappa shape index (κ3) is 2.07. The number of rotatable bonds is 2. The zero-order valence-electron chi connectivity index (χ0n) is 4.46. The van der Waals surface area contributed by atoms with Crippen molar-refractivity contribution in [1.82, 2.24) is 0 Å². The monoisotopic (exact) mass is 138 g/mol. The molecule has 0 saturated heterocycles. The highest BCUT2D eigenvalue weighted by atomic mass is 32.2. The first-order valence-corrected chi connectivity index (χ1v) is 3.89. The van der Waals surface area contributed by atoms with Crippen LogP contribution in [-0.4, -0.2) is 20.2 Å². The van der Waals surface area contributed by atoms with Crippen LogP contribution in [0.4, 0.5) is 4.39 Å². The molecule has 0 radical (unpaired) electrons. The van der Waals surface area contributed by atoms with Gasteiger partial charge in [0.1, 0.15) is 0 Å². The molecule has 0 aliphatic rings. The van der Waals surface area contributed by atoms with E-state index in [2.05, 4.69) is 6.58 Å². The Labute approximate surface area is 47.9 Å². The molecule has 4 heteroatoms. The maximum atomic E-state index is 11.9. The van der Waals surface area contributed by atoms with Gasteiger partial charge in [-0.1, -0.05) is 6.58 Å². The molecule has 0 aliphatic carbocycles. The van der Waals surface area contributed by atoms with Crippen LogP contribution in [0.1, 0.15) is 0 Å². The second kappa shape index (κ2) is 2.26. The Hall–Kier alpha value is -0.380. The van der Waals surface area contributed by atoms with Crippen molar-refractivity contribution in [2.45, 2.75) is 5.50 Å². The van der Waals surface area contributed by atoms with Crippen molar-refractivity contribution >= 4 is 9.84 Å². The minimum Gasteiger partial charge on any atom is -0.226 e. The van der Waals surface area contributed by atoms with E-state index in [4.69, 9.17) is 0 Å². The van der Waals surface area contributed by atoms with Gasteiger partial charge in [-0.05, 0) is 6.08 Å². The second-order valence-corrected chi connectivity index (χ2v) is 3.53. The molecule has 1 atom stereocenters. The fourth-order valence-electron chi connectivity index (χ4n) is 0.175. The zero-order chi connectivity index (χ0) is 6.78. The first kappa shape index (κ1) is 7.62. The van der Waals surface area contributed by atoms with Crippen molar-refractivity contribution in [2.24, 2.45) is 0 Å². The maximum Gasteiger partial charge on any atom is 0.218 e. The van der Waals surface area contributed by atoms with Crippen LogP contribution in [0.15, 0.2) is 12.7 Å². The second-order valence-electron chi connectivity index (χ2n) is 1.42. The average molecular weight is 138 g/mol. The standard InChI is InChI=1S/C4H7FO2S/c1-3-4(5)8(2,6)7/h3-4H,1H2,2H3. The van der Waals surface area contributed by atoms with Crippen molar-refractivity contribution in [2.75, 3.05) is 6.26 Å². The molecule has 0 aromatic carbocycles. The number of sulfone groups is 1. The van der Waals surface area contributed by atoms with Gasteiger partial charge in [-0.15, -0.1) is 0 Å². The van der Waals surface area contributed by atoms with Gasteiger partial charge in [0.15, 0.2) is 9.84 Å². The Morgan fingerprint density at radius 1 is 1.75 bits per heavy atom. The molecule has 1 unspecified atom stereocenters. The highest BCUT2D eigenvalue weighted by Gasteiger charge is 2.13. The smallest absolute Gasteiger partial charge is 0.218 e. The van der Waals surface area contributed by atoms with Gasteiger partial charge < -0.3 is 0 Å². The largest absolute Gasteiger partial charge is 0.226 e. The lowest BCUT2D eigenvalue weighted by Crippen LogP contribution is -2.10. The first-order chi connectivity index (χ1) is 3.48. The molecule has 0 aromatic heterocycles. The van der Waals surface area contributed by atoms with E-state index in [9.17, 15) is 12.8 Å². The third-order valence-corrected chi connectivity index (χ3v) is 1.60. The van der Waals surface area contributed by atoms with Crippen molar-refractivity contribution in [3.05, 3.63) is 12.7 Å². The van der Waals surface area contributed by atoms with Crippen LogP contribution in [0.3, 0.4) is 0 Å². The Morgan fingerprint density at radius 2 is 2.12 bits per heavy atom. The SMILES string of the molecule is C=CC(F)S(C)(=O)=O. The van der Waals surface area contributed by atoms with Crippen LogP contribution in [0.25, 0.3) is 0 Å². The van der Waals surface area contributed by atoms with Gasteiger partial charge in [0.2, 0.25) is 5.50 Å². The molecule has 0 amide bonds. The summed E-state index contributed by atoms with van der Waals surface area (Å²) in [5.41, 5.74) is -1.91. The highest BCUT2D eigenvalue weighted by molar-refractivity contribution is 7.91. The van der Waals surface area contributed by atoms with Crippen LogP contribution in [-0.2, 0) is 9.84 Å². The minimum absolute atomic E-state index is 0.745. The molecule has 0 heterocycles. The van der Waals surface area contributed by atoms with Crippen LogP contribution in [0.5, 0.6) is 0 Å². The lowest BCUT2D eigenvalue weighted by atomic mass is 10.7. The maximum absolute atomic E-state index is 11.9. The van der Waals surface area contributed by atoms with E-state index in [1.807, 2.05) is 0 Å². The lowest BCUT2D eigenvalue weighted by Gasteiger charge is -1.94. The van der Waals surface area contributed by atoms with Gasteiger partial charge in [-0.2, -0.15) is 0 Å². The molecule has 0 spiro atoms. The van der Waals surface area contributed by atoms with Crippen LogP contribution >= 0.6 is 0 Å². The Balaban J connectivity index is 4.26. The van der Waals surface area contributed by atoms with E-state index in [1.165, 1.54) is 0 Å². The van der Waals surface area contributed by atoms with Gasteiger partial charge in [-0.3, -0.25) is 0 Å². The summed E-state index contributed by atoms with van der Waals surface area (Å²) in [6, 6.07) is 0. The lowest BCUT2D eigenvalue weighted by molar-refractivity contribution is 0.477. The average Bonchev–Trinajstić information content (AvgIpc) is 1.62. The molecule has 2 nitrogen and oxygen atoms in total. The zero-order valence-corrected chi connectivity index (χ0v) is 5.28. The van der Waals surface area contributed by atoms with E-state index in [1.54, 1.807) is 0 Å². The van der Waals surface area contributed by atoms with Gasteiger partial charge in [0, 0.05) is 6.26 Å². The summed E-state index contributed by atoms with van der Waals surface area (Å²) in [7, 11) is -3.54. The summed E-state index contributed by atoms with van der Waals surface area (Å²) in [5, 5.41) is 0. The van der Waals surface area contributed by atoms with Gasteiger partial charge >= 0.3 is 0 Å². The highest BCUT2D eigenvalue weighted by Crippen LogP contribution is 1.99. The minimum atomic E-state index is -3.54. The van der Waals surface area contributed by atoms with Crippen LogP contribution in [0.2, 0.25) is 0 Å². The summed E-state index contributed by atoms with van der Waals surface area (Å²) < 4.78 is 32.2. The van der Waals surface area contributed by atoms with E-state index in [0.29, 0.717) is 0 Å². The molecule has 0 N–H and O–H groups in total. The summed E-state index contributed by atoms with van der Waals surface area (Å²) in [5.74, 6) is 0.